The van der Waals surface area contributed by atoms with Gasteiger partial charge in [-0.05, 0) is 32.4 Å². The average Bonchev–Trinajstić information content (AvgIpc) is 2.99. The number of hydrogen-bond acceptors (Lipinski definition) is 4. The van der Waals surface area contributed by atoms with Crippen LogP contribution in [0.4, 0.5) is 5.82 Å². The molecule has 1 aromatic heterocycles. The first-order valence-corrected chi connectivity index (χ1v) is 8.49. The molecule has 8 heteroatoms. The van der Waals surface area contributed by atoms with Crippen molar-refractivity contribution >= 4 is 29.3 Å². The van der Waals surface area contributed by atoms with E-state index in [9.17, 15) is 4.79 Å². The standard InChI is InChI=1S/C16H25ClN6O/c1-11(2)21-14(24)9-20-16(18-3)22-12-6-8-23(10-12)15-13(17)5-4-7-19-15/h4-5,7,11-12H,6,8-10H2,1-3H3,(H,21,24)(H2,18,20,22). The van der Waals surface area contributed by atoms with Gasteiger partial charge >= 0.3 is 0 Å². The van der Waals surface area contributed by atoms with E-state index in [-0.39, 0.29) is 24.5 Å². The molecule has 1 saturated heterocycles. The van der Waals surface area contributed by atoms with Gasteiger partial charge < -0.3 is 20.9 Å². The number of hydrogen-bond donors (Lipinski definition) is 3. The molecule has 7 nitrogen and oxygen atoms in total. The third-order valence-electron chi connectivity index (χ3n) is 3.66. The summed E-state index contributed by atoms with van der Waals surface area (Å²) in [6.45, 7) is 5.72. The molecule has 132 valence electrons. The Bertz CT molecular complexity index is 592. The van der Waals surface area contributed by atoms with Crippen LogP contribution in [0.3, 0.4) is 0 Å². The lowest BCUT2D eigenvalue weighted by atomic mass is 10.3. The second-order valence-electron chi connectivity index (χ2n) is 6.03. The van der Waals surface area contributed by atoms with Crippen molar-refractivity contribution in [1.29, 1.82) is 0 Å². The molecule has 1 atom stereocenters. The molecule has 1 aliphatic rings. The highest BCUT2D eigenvalue weighted by molar-refractivity contribution is 6.32. The van der Waals surface area contributed by atoms with Gasteiger partial charge in [0, 0.05) is 38.4 Å². The van der Waals surface area contributed by atoms with E-state index < -0.39 is 0 Å². The van der Waals surface area contributed by atoms with Crippen LogP contribution < -0.4 is 20.9 Å². The number of nitrogens with zero attached hydrogens (tertiary/aromatic N) is 3. The van der Waals surface area contributed by atoms with E-state index in [1.54, 1.807) is 13.2 Å². The third kappa shape index (κ3) is 5.26. The van der Waals surface area contributed by atoms with Gasteiger partial charge in [-0.2, -0.15) is 0 Å². The minimum absolute atomic E-state index is 0.0544. The van der Waals surface area contributed by atoms with Crippen LogP contribution in [0.25, 0.3) is 0 Å². The molecule has 2 rings (SSSR count). The summed E-state index contributed by atoms with van der Waals surface area (Å²) in [5, 5.41) is 9.87. The van der Waals surface area contributed by atoms with E-state index in [4.69, 9.17) is 11.6 Å². The lowest BCUT2D eigenvalue weighted by Gasteiger charge is -2.20. The maximum absolute atomic E-state index is 11.7. The van der Waals surface area contributed by atoms with Crippen LogP contribution in [0.15, 0.2) is 23.3 Å². The Morgan fingerprint density at radius 3 is 3.00 bits per heavy atom. The molecule has 0 spiro atoms. The predicted molar refractivity (Wildman–Crippen MR) is 97.6 cm³/mol. The Morgan fingerprint density at radius 1 is 1.54 bits per heavy atom. The van der Waals surface area contributed by atoms with Gasteiger partial charge in [-0.15, -0.1) is 0 Å². The van der Waals surface area contributed by atoms with Crippen molar-refractivity contribution in [3.05, 3.63) is 23.4 Å². The average molecular weight is 353 g/mol. The number of guanidine groups is 1. The Hall–Kier alpha value is -2.02. The van der Waals surface area contributed by atoms with Gasteiger partial charge in [0.05, 0.1) is 11.6 Å². The Kier molecular flexibility index (Phi) is 6.66. The normalized spacial score (nSPS) is 18.0. The van der Waals surface area contributed by atoms with Crippen molar-refractivity contribution in [2.45, 2.75) is 32.4 Å². The molecule has 3 N–H and O–H groups in total. The fourth-order valence-electron chi connectivity index (χ4n) is 2.61. The van der Waals surface area contributed by atoms with Crippen molar-refractivity contribution in [3.8, 4) is 0 Å². The number of rotatable bonds is 5. The number of amides is 1. The van der Waals surface area contributed by atoms with Gasteiger partial charge in [0.15, 0.2) is 5.96 Å². The summed E-state index contributed by atoms with van der Waals surface area (Å²) in [6.07, 6.45) is 2.70. The van der Waals surface area contributed by atoms with E-state index in [1.165, 1.54) is 0 Å². The van der Waals surface area contributed by atoms with E-state index >= 15 is 0 Å². The maximum atomic E-state index is 11.7. The van der Waals surface area contributed by atoms with E-state index in [0.29, 0.717) is 11.0 Å². The van der Waals surface area contributed by atoms with Crippen LogP contribution in [0.1, 0.15) is 20.3 Å². The molecule has 0 aromatic carbocycles. The molecular weight excluding hydrogens is 328 g/mol. The smallest absolute Gasteiger partial charge is 0.239 e. The Balaban J connectivity index is 1.83. The first-order valence-electron chi connectivity index (χ1n) is 8.11. The molecule has 1 unspecified atom stereocenters. The molecule has 0 bridgehead atoms. The number of aromatic nitrogens is 1. The SMILES string of the molecule is CN=C(NCC(=O)NC(C)C)NC1CCN(c2ncccc2Cl)C1. The number of halogens is 1. The van der Waals surface area contributed by atoms with Crippen LogP contribution >= 0.6 is 11.6 Å². The predicted octanol–water partition coefficient (Wildman–Crippen LogP) is 1.00. The summed E-state index contributed by atoms with van der Waals surface area (Å²) in [4.78, 5) is 22.4. The number of pyridine rings is 1. The topological polar surface area (TPSA) is 81.6 Å². The van der Waals surface area contributed by atoms with Crippen molar-refractivity contribution in [2.75, 3.05) is 31.6 Å². The van der Waals surface area contributed by atoms with Gasteiger partial charge in [-0.1, -0.05) is 11.6 Å². The highest BCUT2D eigenvalue weighted by Crippen LogP contribution is 2.25. The molecule has 0 saturated carbocycles. The summed E-state index contributed by atoms with van der Waals surface area (Å²) in [5.41, 5.74) is 0. The lowest BCUT2D eigenvalue weighted by Crippen LogP contribution is -2.48. The fourth-order valence-corrected chi connectivity index (χ4v) is 2.85. The highest BCUT2D eigenvalue weighted by atomic mass is 35.5. The maximum Gasteiger partial charge on any atom is 0.239 e. The number of carbonyl (C=O) groups is 1. The molecule has 0 radical (unpaired) electrons. The van der Waals surface area contributed by atoms with Crippen LogP contribution in [-0.4, -0.2) is 55.6 Å². The van der Waals surface area contributed by atoms with Gasteiger partial charge in [-0.3, -0.25) is 9.79 Å². The zero-order valence-corrected chi connectivity index (χ0v) is 15.1. The first-order chi connectivity index (χ1) is 11.5. The molecule has 2 heterocycles. The molecule has 1 aromatic rings. The molecule has 24 heavy (non-hydrogen) atoms. The van der Waals surface area contributed by atoms with Crippen molar-refractivity contribution < 1.29 is 4.79 Å². The fraction of sp³-hybridized carbons (Fsp3) is 0.562. The van der Waals surface area contributed by atoms with Gasteiger partial charge in [0.25, 0.3) is 0 Å². The number of anilines is 1. The summed E-state index contributed by atoms with van der Waals surface area (Å²) in [7, 11) is 1.69. The van der Waals surface area contributed by atoms with Crippen LogP contribution in [0, 0.1) is 0 Å². The zero-order valence-electron chi connectivity index (χ0n) is 14.3. The minimum Gasteiger partial charge on any atom is -0.353 e. The highest BCUT2D eigenvalue weighted by Gasteiger charge is 2.25. The number of nitrogens with one attached hydrogen (secondary N) is 3. The van der Waals surface area contributed by atoms with Gasteiger partial charge in [0.1, 0.15) is 5.82 Å². The Labute approximate surface area is 147 Å². The van der Waals surface area contributed by atoms with Gasteiger partial charge in [-0.25, -0.2) is 4.98 Å². The second kappa shape index (κ2) is 8.73. The van der Waals surface area contributed by atoms with Crippen molar-refractivity contribution in [3.63, 3.8) is 0 Å². The van der Waals surface area contributed by atoms with E-state index in [0.717, 1.165) is 25.3 Å². The lowest BCUT2D eigenvalue weighted by molar-refractivity contribution is -0.120. The summed E-state index contributed by atoms with van der Waals surface area (Å²) < 4.78 is 0. The van der Waals surface area contributed by atoms with Crippen molar-refractivity contribution in [2.24, 2.45) is 4.99 Å². The van der Waals surface area contributed by atoms with E-state index in [1.807, 2.05) is 26.0 Å². The summed E-state index contributed by atoms with van der Waals surface area (Å²) in [6, 6.07) is 4.02. The monoisotopic (exact) mass is 352 g/mol. The summed E-state index contributed by atoms with van der Waals surface area (Å²) >= 11 is 6.21. The van der Waals surface area contributed by atoms with Crippen molar-refractivity contribution in [1.82, 2.24) is 20.9 Å². The van der Waals surface area contributed by atoms with Crippen LogP contribution in [0.2, 0.25) is 5.02 Å². The summed E-state index contributed by atoms with van der Waals surface area (Å²) in [5.74, 6) is 1.37. The molecule has 1 fully saturated rings. The molecule has 0 aliphatic carbocycles. The second-order valence-corrected chi connectivity index (χ2v) is 6.44. The van der Waals surface area contributed by atoms with E-state index in [2.05, 4.69) is 30.8 Å². The molecule has 1 aliphatic heterocycles. The number of carbonyl (C=O) groups excluding carboxylic acids is 1. The zero-order chi connectivity index (χ0) is 17.5. The minimum atomic E-state index is -0.0544. The number of aliphatic imine (C=N–C) groups is 1. The molecule has 1 amide bonds. The van der Waals surface area contributed by atoms with Gasteiger partial charge in [0.2, 0.25) is 5.91 Å². The van der Waals surface area contributed by atoms with Crippen LogP contribution in [0.5, 0.6) is 0 Å². The quantitative estimate of drug-likeness (QED) is 0.544. The molecular formula is C16H25ClN6O. The third-order valence-corrected chi connectivity index (χ3v) is 3.95. The first kappa shape index (κ1) is 18.3. The largest absolute Gasteiger partial charge is 0.353 e. The Morgan fingerprint density at radius 2 is 2.33 bits per heavy atom. The van der Waals surface area contributed by atoms with Crippen LogP contribution in [-0.2, 0) is 4.79 Å².